The fourth-order valence-electron chi connectivity index (χ4n) is 1.81. The van der Waals surface area contributed by atoms with Crippen molar-refractivity contribution in [1.82, 2.24) is 14.5 Å². The average molecular weight is 337 g/mol. The first kappa shape index (κ1) is 12.3. The summed E-state index contributed by atoms with van der Waals surface area (Å²) in [5.41, 5.74) is 6.20. The third-order valence-electron chi connectivity index (χ3n) is 2.68. The molecule has 2 N–H and O–H groups in total. The van der Waals surface area contributed by atoms with Gasteiger partial charge in [-0.15, -0.1) is 11.3 Å². The van der Waals surface area contributed by atoms with E-state index in [0.29, 0.717) is 22.6 Å². The quantitative estimate of drug-likeness (QED) is 0.778. The SMILES string of the molecule is Nc1ncc(Cn2cnc3ccc(Br)cc3c2=O)s1. The van der Waals surface area contributed by atoms with E-state index >= 15 is 0 Å². The van der Waals surface area contributed by atoms with E-state index in [-0.39, 0.29) is 5.56 Å². The van der Waals surface area contributed by atoms with Crippen LogP contribution in [0, 0.1) is 0 Å². The maximum absolute atomic E-state index is 12.3. The predicted molar refractivity (Wildman–Crippen MR) is 79.3 cm³/mol. The summed E-state index contributed by atoms with van der Waals surface area (Å²) < 4.78 is 2.42. The molecule has 0 fully saturated rings. The van der Waals surface area contributed by atoms with Crippen molar-refractivity contribution in [2.24, 2.45) is 0 Å². The number of rotatable bonds is 2. The fraction of sp³-hybridized carbons (Fsp3) is 0.0833. The first-order valence-electron chi connectivity index (χ1n) is 5.48. The van der Waals surface area contributed by atoms with E-state index in [1.165, 1.54) is 11.3 Å². The van der Waals surface area contributed by atoms with E-state index in [0.717, 1.165) is 9.35 Å². The number of thiazole rings is 1. The van der Waals surface area contributed by atoms with Gasteiger partial charge in [-0.05, 0) is 18.2 Å². The second-order valence-electron chi connectivity index (χ2n) is 4.00. The smallest absolute Gasteiger partial charge is 0.261 e. The number of anilines is 1. The van der Waals surface area contributed by atoms with Crippen LogP contribution in [0.2, 0.25) is 0 Å². The molecule has 3 aromatic rings. The van der Waals surface area contributed by atoms with Gasteiger partial charge in [0.2, 0.25) is 0 Å². The van der Waals surface area contributed by atoms with Crippen LogP contribution in [-0.4, -0.2) is 14.5 Å². The highest BCUT2D eigenvalue weighted by Gasteiger charge is 2.06. The fourth-order valence-corrected chi connectivity index (χ4v) is 2.85. The highest BCUT2D eigenvalue weighted by molar-refractivity contribution is 9.10. The normalized spacial score (nSPS) is 11.0. The summed E-state index contributed by atoms with van der Waals surface area (Å²) in [6.07, 6.45) is 3.23. The number of nitrogens with zero attached hydrogens (tertiary/aromatic N) is 3. The number of hydrogen-bond donors (Lipinski definition) is 1. The monoisotopic (exact) mass is 336 g/mol. The Morgan fingerprint density at radius 1 is 1.37 bits per heavy atom. The van der Waals surface area contributed by atoms with Crippen LogP contribution >= 0.6 is 27.3 Å². The Labute approximate surface area is 120 Å². The average Bonchev–Trinajstić information content (AvgIpc) is 2.79. The molecule has 2 aromatic heterocycles. The molecular weight excluding hydrogens is 328 g/mol. The van der Waals surface area contributed by atoms with Crippen molar-refractivity contribution in [3.8, 4) is 0 Å². The molecule has 2 heterocycles. The lowest BCUT2D eigenvalue weighted by Crippen LogP contribution is -2.20. The van der Waals surface area contributed by atoms with Gasteiger partial charge >= 0.3 is 0 Å². The van der Waals surface area contributed by atoms with E-state index in [2.05, 4.69) is 25.9 Å². The van der Waals surface area contributed by atoms with Crippen molar-refractivity contribution >= 4 is 43.3 Å². The third kappa shape index (κ3) is 2.39. The summed E-state index contributed by atoms with van der Waals surface area (Å²) in [5.74, 6) is 0. The summed E-state index contributed by atoms with van der Waals surface area (Å²) in [7, 11) is 0. The summed E-state index contributed by atoms with van der Waals surface area (Å²) >= 11 is 4.73. The minimum Gasteiger partial charge on any atom is -0.375 e. The Morgan fingerprint density at radius 2 is 2.21 bits per heavy atom. The Morgan fingerprint density at radius 3 is 2.95 bits per heavy atom. The molecule has 0 saturated carbocycles. The molecule has 5 nitrogen and oxygen atoms in total. The molecule has 0 bridgehead atoms. The number of benzene rings is 1. The van der Waals surface area contributed by atoms with E-state index < -0.39 is 0 Å². The molecule has 0 aliphatic heterocycles. The summed E-state index contributed by atoms with van der Waals surface area (Å²) in [6.45, 7) is 0.434. The third-order valence-corrected chi connectivity index (χ3v) is 3.99. The maximum Gasteiger partial charge on any atom is 0.261 e. The zero-order chi connectivity index (χ0) is 13.4. The highest BCUT2D eigenvalue weighted by atomic mass is 79.9. The van der Waals surface area contributed by atoms with Crippen molar-refractivity contribution in [2.45, 2.75) is 6.54 Å². The number of halogens is 1. The predicted octanol–water partition coefficient (Wildman–Crippen LogP) is 2.25. The number of hydrogen-bond acceptors (Lipinski definition) is 5. The van der Waals surface area contributed by atoms with Crippen LogP contribution < -0.4 is 11.3 Å². The van der Waals surface area contributed by atoms with Gasteiger partial charge < -0.3 is 5.73 Å². The summed E-state index contributed by atoms with van der Waals surface area (Å²) in [4.78, 5) is 21.5. The molecule has 0 radical (unpaired) electrons. The zero-order valence-electron chi connectivity index (χ0n) is 9.71. The molecular formula is C12H9BrN4OS. The number of nitrogen functional groups attached to an aromatic ring is 1. The molecule has 7 heteroatoms. The molecule has 0 atom stereocenters. The van der Waals surface area contributed by atoms with Crippen LogP contribution in [0.15, 0.2) is 40.0 Å². The lowest BCUT2D eigenvalue weighted by atomic mass is 10.2. The van der Waals surface area contributed by atoms with Crippen LogP contribution in [0.4, 0.5) is 5.13 Å². The van der Waals surface area contributed by atoms with Gasteiger partial charge in [0.05, 0.1) is 23.8 Å². The lowest BCUT2D eigenvalue weighted by molar-refractivity contribution is 0.757. The Bertz CT molecular complexity index is 811. The minimum absolute atomic E-state index is 0.0710. The van der Waals surface area contributed by atoms with Crippen molar-refractivity contribution in [1.29, 1.82) is 0 Å². The molecule has 1 aromatic carbocycles. The van der Waals surface area contributed by atoms with Gasteiger partial charge in [0.25, 0.3) is 5.56 Å². The molecule has 0 aliphatic carbocycles. The van der Waals surface area contributed by atoms with Crippen molar-refractivity contribution in [3.05, 3.63) is 50.4 Å². The Hall–Kier alpha value is -1.73. The molecule has 0 unspecified atom stereocenters. The van der Waals surface area contributed by atoms with Crippen molar-refractivity contribution in [2.75, 3.05) is 5.73 Å². The van der Waals surface area contributed by atoms with Gasteiger partial charge in [-0.2, -0.15) is 0 Å². The Kier molecular flexibility index (Phi) is 3.08. The van der Waals surface area contributed by atoms with Gasteiger partial charge in [-0.3, -0.25) is 9.36 Å². The highest BCUT2D eigenvalue weighted by Crippen LogP contribution is 2.17. The van der Waals surface area contributed by atoms with E-state index in [1.54, 1.807) is 23.2 Å². The summed E-state index contributed by atoms with van der Waals surface area (Å²) in [5, 5.41) is 1.09. The molecule has 0 amide bonds. The van der Waals surface area contributed by atoms with Gasteiger partial charge in [0, 0.05) is 15.5 Å². The van der Waals surface area contributed by atoms with Gasteiger partial charge in [-0.25, -0.2) is 9.97 Å². The molecule has 3 rings (SSSR count). The van der Waals surface area contributed by atoms with Crippen LogP contribution in [-0.2, 0) is 6.54 Å². The number of fused-ring (bicyclic) bond motifs is 1. The van der Waals surface area contributed by atoms with Crippen LogP contribution in [0.5, 0.6) is 0 Å². The van der Waals surface area contributed by atoms with Crippen LogP contribution in [0.3, 0.4) is 0 Å². The first-order chi connectivity index (χ1) is 9.13. The van der Waals surface area contributed by atoms with Gasteiger partial charge in [0.15, 0.2) is 5.13 Å². The first-order valence-corrected chi connectivity index (χ1v) is 7.09. The van der Waals surface area contributed by atoms with Crippen LogP contribution in [0.1, 0.15) is 4.88 Å². The van der Waals surface area contributed by atoms with Crippen LogP contribution in [0.25, 0.3) is 10.9 Å². The number of nitrogens with two attached hydrogens (primary N) is 1. The largest absolute Gasteiger partial charge is 0.375 e. The molecule has 0 spiro atoms. The van der Waals surface area contributed by atoms with E-state index in [1.807, 2.05) is 12.1 Å². The van der Waals surface area contributed by atoms with E-state index in [4.69, 9.17) is 5.73 Å². The molecule has 19 heavy (non-hydrogen) atoms. The second kappa shape index (κ2) is 4.75. The molecule has 96 valence electrons. The van der Waals surface area contributed by atoms with E-state index in [9.17, 15) is 4.79 Å². The molecule has 0 aliphatic rings. The second-order valence-corrected chi connectivity index (χ2v) is 6.07. The van der Waals surface area contributed by atoms with Crippen molar-refractivity contribution < 1.29 is 0 Å². The van der Waals surface area contributed by atoms with Crippen molar-refractivity contribution in [3.63, 3.8) is 0 Å². The maximum atomic E-state index is 12.3. The number of aromatic nitrogens is 3. The zero-order valence-corrected chi connectivity index (χ0v) is 12.1. The summed E-state index contributed by atoms with van der Waals surface area (Å²) in [6, 6.07) is 5.46. The van der Waals surface area contributed by atoms with Gasteiger partial charge in [0.1, 0.15) is 0 Å². The topological polar surface area (TPSA) is 73.8 Å². The van der Waals surface area contributed by atoms with Gasteiger partial charge in [-0.1, -0.05) is 15.9 Å². The Balaban J connectivity index is 2.09. The molecule has 0 saturated heterocycles. The minimum atomic E-state index is -0.0710. The standard InChI is InChI=1S/C12H9BrN4OS/c13-7-1-2-10-9(3-7)11(18)17(6-16-10)5-8-4-15-12(14)19-8/h1-4,6H,5H2,(H2,14,15). The lowest BCUT2D eigenvalue weighted by Gasteiger charge is -2.04.